The minimum Gasteiger partial charge on any atom is -0.384 e. The maximum absolute atomic E-state index is 11.8. The number of hydrogen-bond acceptors (Lipinski definition) is 4. The molecule has 100 valence electrons. The quantitative estimate of drug-likeness (QED) is 0.768. The molecule has 2 rings (SSSR count). The number of carbonyl (C=O) groups is 2. The van der Waals surface area contributed by atoms with Crippen LogP contribution in [0, 0.1) is 11.8 Å². The lowest BCUT2D eigenvalue weighted by atomic mass is 10.2. The van der Waals surface area contributed by atoms with Gasteiger partial charge in [-0.25, -0.2) is 0 Å². The van der Waals surface area contributed by atoms with Crippen molar-refractivity contribution in [3.63, 3.8) is 0 Å². The van der Waals surface area contributed by atoms with Crippen LogP contribution in [-0.2, 0) is 16.1 Å². The van der Waals surface area contributed by atoms with Gasteiger partial charge in [-0.05, 0) is 6.07 Å². The van der Waals surface area contributed by atoms with E-state index in [0.29, 0.717) is 6.54 Å². The summed E-state index contributed by atoms with van der Waals surface area (Å²) in [7, 11) is 1.63. The van der Waals surface area contributed by atoms with Crippen molar-refractivity contribution in [1.29, 1.82) is 0 Å². The topological polar surface area (TPSA) is 60.9 Å². The third-order valence-electron chi connectivity index (χ3n) is 2.79. The molecule has 0 aromatic carbocycles. The van der Waals surface area contributed by atoms with Crippen molar-refractivity contribution in [2.45, 2.75) is 6.54 Å². The van der Waals surface area contributed by atoms with Gasteiger partial charge < -0.3 is 14.9 Å². The van der Waals surface area contributed by atoms with E-state index < -0.39 is 0 Å². The van der Waals surface area contributed by atoms with Gasteiger partial charge in [0.2, 0.25) is 11.8 Å². The van der Waals surface area contributed by atoms with Gasteiger partial charge in [0.15, 0.2) is 0 Å². The van der Waals surface area contributed by atoms with Gasteiger partial charge in [0.1, 0.15) is 13.2 Å². The number of aliphatic hydroxyl groups excluding tert-OH is 1. The first-order valence-electron chi connectivity index (χ1n) is 5.79. The highest BCUT2D eigenvalue weighted by Crippen LogP contribution is 2.17. The first-order valence-corrected chi connectivity index (χ1v) is 6.67. The van der Waals surface area contributed by atoms with Gasteiger partial charge in [-0.15, -0.1) is 11.3 Å². The van der Waals surface area contributed by atoms with Crippen LogP contribution in [0.15, 0.2) is 11.4 Å². The highest BCUT2D eigenvalue weighted by Gasteiger charge is 2.27. The molecule has 0 saturated carbocycles. The van der Waals surface area contributed by atoms with E-state index in [-0.39, 0.29) is 31.5 Å². The Kier molecular flexibility index (Phi) is 4.20. The molecule has 0 radical (unpaired) electrons. The van der Waals surface area contributed by atoms with E-state index in [0.717, 1.165) is 10.4 Å². The van der Waals surface area contributed by atoms with E-state index in [9.17, 15) is 9.59 Å². The van der Waals surface area contributed by atoms with Crippen molar-refractivity contribution < 1.29 is 14.7 Å². The molecule has 1 N–H and O–H groups in total. The first-order chi connectivity index (χ1) is 9.10. The number of hydrogen-bond donors (Lipinski definition) is 1. The van der Waals surface area contributed by atoms with Gasteiger partial charge in [0, 0.05) is 22.9 Å². The Morgan fingerprint density at radius 3 is 2.89 bits per heavy atom. The number of thiophene rings is 1. The minimum atomic E-state index is -0.170. The fourth-order valence-corrected chi connectivity index (χ4v) is 2.60. The van der Waals surface area contributed by atoms with E-state index >= 15 is 0 Å². The fraction of sp³-hybridized carbons (Fsp3) is 0.385. The Hall–Kier alpha value is -1.84. The molecule has 1 aromatic heterocycles. The Morgan fingerprint density at radius 1 is 1.37 bits per heavy atom. The van der Waals surface area contributed by atoms with Gasteiger partial charge >= 0.3 is 0 Å². The highest BCUT2D eigenvalue weighted by molar-refractivity contribution is 7.10. The fourth-order valence-electron chi connectivity index (χ4n) is 1.77. The summed E-state index contributed by atoms with van der Waals surface area (Å²) >= 11 is 1.49. The number of amides is 2. The van der Waals surface area contributed by atoms with Crippen LogP contribution in [0.3, 0.4) is 0 Å². The first kappa shape index (κ1) is 13.6. The maximum atomic E-state index is 11.8. The molecule has 1 aromatic rings. The second-order valence-electron chi connectivity index (χ2n) is 4.26. The standard InChI is InChI=1S/C13H14N2O3S/c1-14-7-13(18)15(8-12(14)17)6-11-5-10(9-19-11)3-2-4-16/h5,9,16H,4,6-8H2,1H3. The van der Waals surface area contributed by atoms with Crippen molar-refractivity contribution in [2.75, 3.05) is 26.7 Å². The van der Waals surface area contributed by atoms with Gasteiger partial charge in [-0.3, -0.25) is 9.59 Å². The molecule has 0 unspecified atom stereocenters. The predicted octanol–water partition coefficient (Wildman–Crippen LogP) is -0.108. The lowest BCUT2D eigenvalue weighted by Crippen LogP contribution is -2.51. The van der Waals surface area contributed by atoms with Crippen LogP contribution in [0.2, 0.25) is 0 Å². The summed E-state index contributed by atoms with van der Waals surface area (Å²) < 4.78 is 0. The highest BCUT2D eigenvalue weighted by atomic mass is 32.1. The summed E-state index contributed by atoms with van der Waals surface area (Å²) in [5.41, 5.74) is 0.821. The van der Waals surface area contributed by atoms with Gasteiger partial charge in [-0.2, -0.15) is 0 Å². The number of aliphatic hydroxyl groups is 1. The summed E-state index contributed by atoms with van der Waals surface area (Å²) in [6.07, 6.45) is 0. The molecule has 19 heavy (non-hydrogen) atoms. The lowest BCUT2D eigenvalue weighted by Gasteiger charge is -2.31. The van der Waals surface area contributed by atoms with Crippen LogP contribution >= 0.6 is 11.3 Å². The molecule has 1 saturated heterocycles. The van der Waals surface area contributed by atoms with Gasteiger partial charge in [-0.1, -0.05) is 11.8 Å². The van der Waals surface area contributed by atoms with Crippen LogP contribution in [-0.4, -0.2) is 53.5 Å². The Balaban J connectivity index is 2.02. The molecule has 2 heterocycles. The summed E-state index contributed by atoms with van der Waals surface area (Å²) in [6.45, 7) is 0.535. The zero-order valence-corrected chi connectivity index (χ0v) is 11.4. The smallest absolute Gasteiger partial charge is 0.242 e. The minimum absolute atomic E-state index is 0.0431. The molecule has 6 heteroatoms. The summed E-state index contributed by atoms with van der Waals surface area (Å²) in [6, 6.07) is 1.88. The van der Waals surface area contributed by atoms with E-state index in [2.05, 4.69) is 11.8 Å². The van der Waals surface area contributed by atoms with Crippen LogP contribution in [0.25, 0.3) is 0 Å². The molecule has 0 bridgehead atoms. The van der Waals surface area contributed by atoms with Crippen LogP contribution in [0.4, 0.5) is 0 Å². The Bertz CT molecular complexity index is 556. The van der Waals surface area contributed by atoms with E-state index in [1.54, 1.807) is 11.9 Å². The van der Waals surface area contributed by atoms with Crippen LogP contribution in [0.1, 0.15) is 10.4 Å². The van der Waals surface area contributed by atoms with Gasteiger partial charge in [0.25, 0.3) is 0 Å². The zero-order chi connectivity index (χ0) is 13.8. The lowest BCUT2D eigenvalue weighted by molar-refractivity contribution is -0.149. The van der Waals surface area contributed by atoms with E-state index in [1.165, 1.54) is 16.2 Å². The van der Waals surface area contributed by atoms with Crippen molar-refractivity contribution in [3.8, 4) is 11.8 Å². The summed E-state index contributed by atoms with van der Waals surface area (Å²) in [4.78, 5) is 27.3. The second kappa shape index (κ2) is 5.87. The molecule has 0 spiro atoms. The Labute approximate surface area is 115 Å². The second-order valence-corrected chi connectivity index (χ2v) is 5.26. The van der Waals surface area contributed by atoms with E-state index in [4.69, 9.17) is 5.11 Å². The number of carbonyl (C=O) groups excluding carboxylic acids is 2. The molecule has 0 aliphatic carbocycles. The predicted molar refractivity (Wildman–Crippen MR) is 71.3 cm³/mol. The van der Waals surface area contributed by atoms with Crippen LogP contribution < -0.4 is 0 Å². The number of likely N-dealkylation sites (N-methyl/N-ethyl adjacent to an activating group) is 1. The third-order valence-corrected chi connectivity index (χ3v) is 3.71. The van der Waals surface area contributed by atoms with Crippen molar-refractivity contribution in [2.24, 2.45) is 0 Å². The van der Waals surface area contributed by atoms with Crippen molar-refractivity contribution >= 4 is 23.2 Å². The van der Waals surface area contributed by atoms with Crippen LogP contribution in [0.5, 0.6) is 0 Å². The van der Waals surface area contributed by atoms with Crippen molar-refractivity contribution in [1.82, 2.24) is 9.80 Å². The zero-order valence-electron chi connectivity index (χ0n) is 10.5. The molecular formula is C13H14N2O3S. The number of nitrogens with zero attached hydrogens (tertiary/aromatic N) is 2. The van der Waals surface area contributed by atoms with Crippen molar-refractivity contribution in [3.05, 3.63) is 21.9 Å². The average molecular weight is 278 g/mol. The summed E-state index contributed by atoms with van der Waals surface area (Å²) in [5.74, 6) is 5.30. The molecular weight excluding hydrogens is 264 g/mol. The molecule has 0 atom stereocenters. The molecule has 5 nitrogen and oxygen atoms in total. The van der Waals surface area contributed by atoms with Gasteiger partial charge in [0.05, 0.1) is 13.1 Å². The maximum Gasteiger partial charge on any atom is 0.242 e. The Morgan fingerprint density at radius 2 is 2.16 bits per heavy atom. The number of piperazine rings is 1. The molecule has 1 aliphatic heterocycles. The number of rotatable bonds is 2. The normalized spacial score (nSPS) is 15.5. The average Bonchev–Trinajstić information content (AvgIpc) is 2.81. The molecule has 2 amide bonds. The SMILES string of the molecule is CN1CC(=O)N(Cc2cc(C#CCO)cs2)CC1=O. The molecule has 1 aliphatic rings. The third kappa shape index (κ3) is 3.34. The molecule has 1 fully saturated rings. The van der Waals surface area contributed by atoms with E-state index in [1.807, 2.05) is 11.4 Å². The largest absolute Gasteiger partial charge is 0.384 e. The monoisotopic (exact) mass is 278 g/mol. The summed E-state index contributed by atoms with van der Waals surface area (Å²) in [5, 5.41) is 10.5.